The molecule has 0 aliphatic rings. The molecule has 0 atom stereocenters. The molecule has 0 bridgehead atoms. The molecule has 6 heteroatoms. The molecule has 1 aromatic rings. The molecule has 18 heavy (non-hydrogen) atoms. The van der Waals surface area contributed by atoms with Gasteiger partial charge in [-0.2, -0.15) is 0 Å². The molecule has 0 unspecified atom stereocenters. The first-order valence-corrected chi connectivity index (χ1v) is 6.54. The first kappa shape index (κ1) is 15.0. The van der Waals surface area contributed by atoms with Gasteiger partial charge in [0.05, 0.1) is 5.56 Å². The lowest BCUT2D eigenvalue weighted by Gasteiger charge is -2.17. The number of nitrogens with zero attached hydrogens (tertiary/aromatic N) is 1. The molecule has 0 radical (unpaired) electrons. The van der Waals surface area contributed by atoms with Gasteiger partial charge in [-0.3, -0.25) is 9.59 Å². The zero-order valence-corrected chi connectivity index (χ0v) is 12.5. The zero-order chi connectivity index (χ0) is 13.7. The normalized spacial score (nSPS) is 10.0. The molecular formula is C12H14BrClN2O2. The number of benzene rings is 1. The Labute approximate surface area is 119 Å². The summed E-state index contributed by atoms with van der Waals surface area (Å²) < 4.78 is 0.645. The Morgan fingerprint density at radius 2 is 2.11 bits per heavy atom. The molecule has 0 heterocycles. The quantitative estimate of drug-likeness (QED) is 0.919. The Morgan fingerprint density at radius 1 is 1.44 bits per heavy atom. The summed E-state index contributed by atoms with van der Waals surface area (Å²) in [5, 5.41) is 3.08. The molecule has 2 amide bonds. The maximum atomic E-state index is 12.1. The van der Waals surface area contributed by atoms with E-state index >= 15 is 0 Å². The number of carbonyl (C=O) groups excluding carboxylic acids is 2. The SMILES string of the molecule is CNC(=O)CCN(C)C(=O)c1ccc(Cl)cc1Br. The highest BCUT2D eigenvalue weighted by Gasteiger charge is 2.15. The van der Waals surface area contributed by atoms with E-state index in [4.69, 9.17) is 11.6 Å². The van der Waals surface area contributed by atoms with Crippen molar-refractivity contribution in [2.24, 2.45) is 0 Å². The molecule has 98 valence electrons. The van der Waals surface area contributed by atoms with Gasteiger partial charge >= 0.3 is 0 Å². The Balaban J connectivity index is 2.71. The second-order valence-corrected chi connectivity index (χ2v) is 5.06. The third kappa shape index (κ3) is 3.99. The van der Waals surface area contributed by atoms with Gasteiger partial charge in [-0.25, -0.2) is 0 Å². The van der Waals surface area contributed by atoms with Crippen LogP contribution < -0.4 is 5.32 Å². The molecule has 1 rings (SSSR count). The van der Waals surface area contributed by atoms with Gasteiger partial charge in [-0.05, 0) is 34.1 Å². The Kier molecular flexibility index (Phi) is 5.62. The smallest absolute Gasteiger partial charge is 0.254 e. The van der Waals surface area contributed by atoms with Crippen molar-refractivity contribution in [1.29, 1.82) is 0 Å². The predicted octanol–water partition coefficient (Wildman–Crippen LogP) is 2.31. The fourth-order valence-electron chi connectivity index (χ4n) is 1.36. The van der Waals surface area contributed by atoms with Crippen molar-refractivity contribution in [1.82, 2.24) is 10.2 Å². The number of rotatable bonds is 4. The number of amides is 2. The van der Waals surface area contributed by atoms with Crippen LogP contribution in [0, 0.1) is 0 Å². The van der Waals surface area contributed by atoms with Crippen LogP contribution in [0.4, 0.5) is 0 Å². The van der Waals surface area contributed by atoms with Gasteiger partial charge in [-0.15, -0.1) is 0 Å². The van der Waals surface area contributed by atoms with E-state index in [0.717, 1.165) is 0 Å². The van der Waals surface area contributed by atoms with E-state index in [0.29, 0.717) is 21.6 Å². The van der Waals surface area contributed by atoms with Crippen molar-refractivity contribution in [3.05, 3.63) is 33.3 Å². The van der Waals surface area contributed by atoms with Crippen molar-refractivity contribution in [3.63, 3.8) is 0 Å². The largest absolute Gasteiger partial charge is 0.359 e. The van der Waals surface area contributed by atoms with Crippen LogP contribution >= 0.6 is 27.5 Å². The summed E-state index contributed by atoms with van der Waals surface area (Å²) in [6, 6.07) is 4.98. The van der Waals surface area contributed by atoms with Gasteiger partial charge in [0.25, 0.3) is 5.91 Å². The van der Waals surface area contributed by atoms with E-state index < -0.39 is 0 Å². The van der Waals surface area contributed by atoms with Crippen molar-refractivity contribution < 1.29 is 9.59 Å². The first-order valence-electron chi connectivity index (χ1n) is 5.36. The lowest BCUT2D eigenvalue weighted by atomic mass is 10.2. The van der Waals surface area contributed by atoms with Gasteiger partial charge in [0.1, 0.15) is 0 Å². The third-order valence-electron chi connectivity index (χ3n) is 2.46. The molecule has 0 fully saturated rings. The molecule has 0 aliphatic heterocycles. The standard InChI is InChI=1S/C12H14BrClN2O2/c1-15-11(17)5-6-16(2)12(18)9-4-3-8(14)7-10(9)13/h3-4,7H,5-6H2,1-2H3,(H,15,17). The predicted molar refractivity (Wildman–Crippen MR) is 74.8 cm³/mol. The molecule has 0 spiro atoms. The summed E-state index contributed by atoms with van der Waals surface area (Å²) in [7, 11) is 3.23. The number of hydrogen-bond acceptors (Lipinski definition) is 2. The lowest BCUT2D eigenvalue weighted by molar-refractivity contribution is -0.120. The molecule has 0 aromatic heterocycles. The van der Waals surface area contributed by atoms with Crippen LogP contribution in [-0.4, -0.2) is 37.4 Å². The van der Waals surface area contributed by atoms with E-state index in [9.17, 15) is 9.59 Å². The van der Waals surface area contributed by atoms with Crippen LogP contribution in [0.15, 0.2) is 22.7 Å². The molecule has 0 saturated carbocycles. The average Bonchev–Trinajstić information content (AvgIpc) is 2.34. The maximum absolute atomic E-state index is 12.1. The Bertz CT molecular complexity index is 465. The van der Waals surface area contributed by atoms with Crippen molar-refractivity contribution >= 4 is 39.3 Å². The van der Waals surface area contributed by atoms with Gasteiger partial charge in [0, 0.05) is 36.6 Å². The van der Waals surface area contributed by atoms with Crippen LogP contribution in [0.25, 0.3) is 0 Å². The van der Waals surface area contributed by atoms with Crippen molar-refractivity contribution in [2.45, 2.75) is 6.42 Å². The lowest BCUT2D eigenvalue weighted by Crippen LogP contribution is -2.31. The van der Waals surface area contributed by atoms with Gasteiger partial charge < -0.3 is 10.2 Å². The summed E-state index contributed by atoms with van der Waals surface area (Å²) >= 11 is 9.11. The van der Waals surface area contributed by atoms with Crippen molar-refractivity contribution in [2.75, 3.05) is 20.6 Å². The second-order valence-electron chi connectivity index (χ2n) is 3.77. The van der Waals surface area contributed by atoms with Crippen LogP contribution in [0.2, 0.25) is 5.02 Å². The molecule has 0 aliphatic carbocycles. The summed E-state index contributed by atoms with van der Waals surface area (Å²) in [4.78, 5) is 24.7. The number of hydrogen-bond donors (Lipinski definition) is 1. The average molecular weight is 334 g/mol. The highest BCUT2D eigenvalue weighted by molar-refractivity contribution is 9.10. The summed E-state index contributed by atoms with van der Waals surface area (Å²) in [5.41, 5.74) is 0.527. The molecule has 0 saturated heterocycles. The Hall–Kier alpha value is -1.07. The van der Waals surface area contributed by atoms with E-state index in [1.165, 1.54) is 4.90 Å². The minimum absolute atomic E-state index is 0.0928. The summed E-state index contributed by atoms with van der Waals surface area (Å²) in [5.74, 6) is -0.243. The number of nitrogens with one attached hydrogen (secondary N) is 1. The van der Waals surface area contributed by atoms with E-state index in [1.807, 2.05) is 0 Å². The van der Waals surface area contributed by atoms with Crippen molar-refractivity contribution in [3.8, 4) is 0 Å². The van der Waals surface area contributed by atoms with Gasteiger partial charge in [0.15, 0.2) is 0 Å². The minimum atomic E-state index is -0.151. The highest BCUT2D eigenvalue weighted by Crippen LogP contribution is 2.22. The van der Waals surface area contributed by atoms with Gasteiger partial charge in [0.2, 0.25) is 5.91 Å². The molecule has 4 nitrogen and oxygen atoms in total. The topological polar surface area (TPSA) is 49.4 Å². The first-order chi connectivity index (χ1) is 8.45. The van der Waals surface area contributed by atoms with Gasteiger partial charge in [-0.1, -0.05) is 11.6 Å². The zero-order valence-electron chi connectivity index (χ0n) is 10.2. The third-order valence-corrected chi connectivity index (χ3v) is 3.35. The monoisotopic (exact) mass is 332 g/mol. The van der Waals surface area contributed by atoms with Crippen LogP contribution in [0.5, 0.6) is 0 Å². The molecule has 1 aromatic carbocycles. The summed E-state index contributed by atoms with van der Waals surface area (Å²) in [6.07, 6.45) is 0.282. The fourth-order valence-corrected chi connectivity index (χ4v) is 2.22. The van der Waals surface area contributed by atoms with Crippen LogP contribution in [0.1, 0.15) is 16.8 Å². The van der Waals surface area contributed by atoms with Crippen LogP contribution in [0.3, 0.4) is 0 Å². The van der Waals surface area contributed by atoms with E-state index in [2.05, 4.69) is 21.2 Å². The van der Waals surface area contributed by atoms with E-state index in [1.54, 1.807) is 32.3 Å². The van der Waals surface area contributed by atoms with Crippen LogP contribution in [-0.2, 0) is 4.79 Å². The fraction of sp³-hybridized carbons (Fsp3) is 0.333. The second kappa shape index (κ2) is 6.75. The number of carbonyl (C=O) groups is 2. The molecule has 1 N–H and O–H groups in total. The van der Waals surface area contributed by atoms with E-state index in [-0.39, 0.29) is 18.2 Å². The maximum Gasteiger partial charge on any atom is 0.254 e. The molecular weight excluding hydrogens is 320 g/mol. The highest BCUT2D eigenvalue weighted by atomic mass is 79.9. The Morgan fingerprint density at radius 3 is 2.67 bits per heavy atom. The minimum Gasteiger partial charge on any atom is -0.359 e. The summed E-state index contributed by atoms with van der Waals surface area (Å²) in [6.45, 7) is 0.369. The number of halogens is 2.